The molecule has 2 aliphatic heterocycles. The SMILES string of the molecule is C[C@H](N=C1NS(=O)(=O)c2ccccc21)C(=O)N1CCN(c2ncccn2)CC1. The fourth-order valence-corrected chi connectivity index (χ4v) is 4.56. The second kappa shape index (κ2) is 7.19. The summed E-state index contributed by atoms with van der Waals surface area (Å²) in [7, 11) is -3.62. The van der Waals surface area contributed by atoms with Crippen LogP contribution in [0.5, 0.6) is 0 Å². The molecule has 1 saturated heterocycles. The summed E-state index contributed by atoms with van der Waals surface area (Å²) in [6, 6.07) is 7.68. The van der Waals surface area contributed by atoms with Crippen molar-refractivity contribution in [1.29, 1.82) is 0 Å². The molecular weight excluding hydrogens is 380 g/mol. The lowest BCUT2D eigenvalue weighted by molar-refractivity contribution is -0.132. The van der Waals surface area contributed by atoms with Crippen molar-refractivity contribution < 1.29 is 13.2 Å². The maximum absolute atomic E-state index is 12.8. The quantitative estimate of drug-likeness (QED) is 0.791. The van der Waals surface area contributed by atoms with Gasteiger partial charge < -0.3 is 9.80 Å². The highest BCUT2D eigenvalue weighted by Gasteiger charge is 2.32. The Morgan fingerprint density at radius 1 is 1.11 bits per heavy atom. The van der Waals surface area contributed by atoms with Gasteiger partial charge in [-0.3, -0.25) is 14.5 Å². The highest BCUT2D eigenvalue weighted by molar-refractivity contribution is 7.90. The van der Waals surface area contributed by atoms with Crippen molar-refractivity contribution in [1.82, 2.24) is 19.6 Å². The van der Waals surface area contributed by atoms with Crippen molar-refractivity contribution in [3.63, 3.8) is 0 Å². The van der Waals surface area contributed by atoms with Crippen molar-refractivity contribution in [2.45, 2.75) is 17.9 Å². The molecule has 146 valence electrons. The van der Waals surface area contributed by atoms with E-state index in [0.717, 1.165) is 0 Å². The van der Waals surface area contributed by atoms with E-state index in [-0.39, 0.29) is 16.6 Å². The number of fused-ring (bicyclic) bond motifs is 1. The molecule has 1 amide bonds. The smallest absolute Gasteiger partial charge is 0.263 e. The Morgan fingerprint density at radius 2 is 1.79 bits per heavy atom. The van der Waals surface area contributed by atoms with Crippen LogP contribution in [0.3, 0.4) is 0 Å². The molecule has 1 atom stereocenters. The molecule has 1 fully saturated rings. The van der Waals surface area contributed by atoms with Crippen LogP contribution in [-0.2, 0) is 14.8 Å². The van der Waals surface area contributed by atoms with Gasteiger partial charge in [0.05, 0.1) is 4.90 Å². The van der Waals surface area contributed by atoms with Gasteiger partial charge in [-0.2, -0.15) is 0 Å². The topological polar surface area (TPSA) is 108 Å². The molecule has 0 unspecified atom stereocenters. The predicted molar refractivity (Wildman–Crippen MR) is 104 cm³/mol. The van der Waals surface area contributed by atoms with Crippen LogP contribution >= 0.6 is 0 Å². The van der Waals surface area contributed by atoms with Gasteiger partial charge in [-0.1, -0.05) is 12.1 Å². The van der Waals surface area contributed by atoms with Crippen LogP contribution in [0.4, 0.5) is 5.95 Å². The van der Waals surface area contributed by atoms with E-state index >= 15 is 0 Å². The Morgan fingerprint density at radius 3 is 2.50 bits per heavy atom. The van der Waals surface area contributed by atoms with Crippen molar-refractivity contribution in [3.05, 3.63) is 48.3 Å². The summed E-state index contributed by atoms with van der Waals surface area (Å²) in [5, 5.41) is 0. The standard InChI is InChI=1S/C18H20N6O3S/c1-13(21-16-14-5-2-3-6-15(14)28(26,27)22-16)17(25)23-9-11-24(12-10-23)18-19-7-4-8-20-18/h2-8,13H,9-12H2,1H3,(H,21,22)/t13-/m0/s1. The zero-order chi connectivity index (χ0) is 19.7. The zero-order valence-electron chi connectivity index (χ0n) is 15.3. The molecule has 10 heteroatoms. The number of hydrogen-bond donors (Lipinski definition) is 1. The van der Waals surface area contributed by atoms with Crippen LogP contribution < -0.4 is 9.62 Å². The number of carbonyl (C=O) groups excluding carboxylic acids is 1. The summed E-state index contributed by atoms with van der Waals surface area (Å²) in [6.07, 6.45) is 3.39. The van der Waals surface area contributed by atoms with Crippen molar-refractivity contribution >= 4 is 27.7 Å². The molecular formula is C18H20N6O3S. The molecule has 0 saturated carbocycles. The molecule has 4 rings (SSSR count). The number of rotatable bonds is 3. The summed E-state index contributed by atoms with van der Waals surface area (Å²) in [4.78, 5) is 29.6. The summed E-state index contributed by atoms with van der Waals surface area (Å²) in [6.45, 7) is 4.02. The number of piperazine rings is 1. The summed E-state index contributed by atoms with van der Waals surface area (Å²) >= 11 is 0. The molecule has 1 aromatic heterocycles. The number of aliphatic imine (C=N–C) groups is 1. The van der Waals surface area contributed by atoms with Gasteiger partial charge in [0.25, 0.3) is 10.0 Å². The third-order valence-electron chi connectivity index (χ3n) is 4.77. The first kappa shape index (κ1) is 18.4. The van der Waals surface area contributed by atoms with Gasteiger partial charge in [0.1, 0.15) is 11.9 Å². The maximum atomic E-state index is 12.8. The second-order valence-electron chi connectivity index (χ2n) is 6.62. The van der Waals surface area contributed by atoms with Gasteiger partial charge in [0.2, 0.25) is 11.9 Å². The van der Waals surface area contributed by atoms with E-state index in [1.54, 1.807) is 48.5 Å². The van der Waals surface area contributed by atoms with Gasteiger partial charge in [-0.25, -0.2) is 18.4 Å². The molecule has 0 spiro atoms. The molecule has 9 nitrogen and oxygen atoms in total. The predicted octanol–water partition coefficient (Wildman–Crippen LogP) is 0.252. The monoisotopic (exact) mass is 400 g/mol. The Kier molecular flexibility index (Phi) is 4.71. The third-order valence-corrected chi connectivity index (χ3v) is 6.17. The molecule has 3 heterocycles. The van der Waals surface area contributed by atoms with Gasteiger partial charge in [0, 0.05) is 44.1 Å². The number of carbonyl (C=O) groups is 1. The molecule has 1 N–H and O–H groups in total. The van der Waals surface area contributed by atoms with E-state index in [2.05, 4.69) is 19.7 Å². The molecule has 0 radical (unpaired) electrons. The molecule has 2 aromatic rings. The van der Waals surface area contributed by atoms with Crippen molar-refractivity contribution in [2.75, 3.05) is 31.1 Å². The van der Waals surface area contributed by atoms with E-state index in [1.165, 1.54) is 6.07 Å². The van der Waals surface area contributed by atoms with Gasteiger partial charge in [-0.15, -0.1) is 0 Å². The molecule has 2 aliphatic rings. The number of nitrogens with zero attached hydrogens (tertiary/aromatic N) is 5. The Hall–Kier alpha value is -3.01. The summed E-state index contributed by atoms with van der Waals surface area (Å²) in [5.74, 6) is 0.734. The lowest BCUT2D eigenvalue weighted by atomic mass is 10.2. The zero-order valence-corrected chi connectivity index (χ0v) is 16.1. The number of aromatic nitrogens is 2. The fraction of sp³-hybridized carbons (Fsp3) is 0.333. The second-order valence-corrected chi connectivity index (χ2v) is 8.27. The van der Waals surface area contributed by atoms with Crippen LogP contribution in [0, 0.1) is 0 Å². The van der Waals surface area contributed by atoms with Gasteiger partial charge in [0.15, 0.2) is 0 Å². The Balaban J connectivity index is 1.44. The van der Waals surface area contributed by atoms with Crippen LogP contribution in [0.2, 0.25) is 0 Å². The highest BCUT2D eigenvalue weighted by Crippen LogP contribution is 2.23. The Bertz CT molecular complexity index is 1020. The molecule has 28 heavy (non-hydrogen) atoms. The number of amides is 1. The number of nitrogens with one attached hydrogen (secondary N) is 1. The Labute approximate surface area is 163 Å². The largest absolute Gasteiger partial charge is 0.337 e. The first-order valence-electron chi connectivity index (χ1n) is 8.96. The van der Waals surface area contributed by atoms with E-state index < -0.39 is 16.1 Å². The van der Waals surface area contributed by atoms with E-state index in [0.29, 0.717) is 37.7 Å². The number of benzene rings is 1. The number of amidine groups is 1. The van der Waals surface area contributed by atoms with E-state index in [1.807, 2.05) is 4.90 Å². The lowest BCUT2D eigenvalue weighted by Crippen LogP contribution is -2.51. The molecule has 0 bridgehead atoms. The summed E-state index contributed by atoms with van der Waals surface area (Å²) < 4.78 is 26.8. The first-order valence-corrected chi connectivity index (χ1v) is 10.4. The minimum Gasteiger partial charge on any atom is -0.337 e. The normalized spacial score (nSPS) is 20.5. The van der Waals surface area contributed by atoms with E-state index in [9.17, 15) is 13.2 Å². The third kappa shape index (κ3) is 3.42. The summed E-state index contributed by atoms with van der Waals surface area (Å²) in [5.41, 5.74) is 0.494. The van der Waals surface area contributed by atoms with Crippen LogP contribution in [0.25, 0.3) is 0 Å². The van der Waals surface area contributed by atoms with Gasteiger partial charge >= 0.3 is 0 Å². The van der Waals surface area contributed by atoms with Crippen LogP contribution in [0.1, 0.15) is 12.5 Å². The molecule has 1 aromatic carbocycles. The maximum Gasteiger partial charge on any atom is 0.263 e. The van der Waals surface area contributed by atoms with Crippen LogP contribution in [-0.4, -0.2) is 67.2 Å². The van der Waals surface area contributed by atoms with Crippen LogP contribution in [0.15, 0.2) is 52.6 Å². The average molecular weight is 400 g/mol. The van der Waals surface area contributed by atoms with Crippen molar-refractivity contribution in [3.8, 4) is 0 Å². The number of sulfonamides is 1. The minimum atomic E-state index is -3.62. The van der Waals surface area contributed by atoms with Crippen molar-refractivity contribution in [2.24, 2.45) is 4.99 Å². The first-order chi connectivity index (χ1) is 13.5. The minimum absolute atomic E-state index is 0.135. The van der Waals surface area contributed by atoms with E-state index in [4.69, 9.17) is 0 Å². The lowest BCUT2D eigenvalue weighted by Gasteiger charge is -2.35. The fourth-order valence-electron chi connectivity index (χ4n) is 3.32. The number of hydrogen-bond acceptors (Lipinski definition) is 7. The highest BCUT2D eigenvalue weighted by atomic mass is 32.2. The van der Waals surface area contributed by atoms with Gasteiger partial charge in [-0.05, 0) is 25.1 Å². The molecule has 0 aliphatic carbocycles. The number of anilines is 1. The average Bonchev–Trinajstić information content (AvgIpc) is 2.98.